The minimum Gasteiger partial charge on any atom is -0.294 e. The highest BCUT2D eigenvalue weighted by Gasteiger charge is 2.30. The van der Waals surface area contributed by atoms with Gasteiger partial charge in [-0.15, -0.1) is 0 Å². The van der Waals surface area contributed by atoms with Crippen LogP contribution in [-0.2, 0) is 10.0 Å². The number of hydrogen-bond acceptors (Lipinski definition) is 4. The molecule has 0 radical (unpaired) electrons. The maximum Gasteiger partial charge on any atom is 0.335 e. The molecule has 6 nitrogen and oxygen atoms in total. The van der Waals surface area contributed by atoms with Crippen LogP contribution in [0.2, 0.25) is 0 Å². The van der Waals surface area contributed by atoms with Crippen LogP contribution in [0.5, 0.6) is 0 Å². The highest BCUT2D eigenvalue weighted by Crippen LogP contribution is 2.30. The second kappa shape index (κ2) is 6.33. The Labute approximate surface area is 146 Å². The first-order valence-corrected chi connectivity index (χ1v) is 9.32. The summed E-state index contributed by atoms with van der Waals surface area (Å²) in [7, 11) is -3.98. The van der Waals surface area contributed by atoms with Gasteiger partial charge in [0.15, 0.2) is 5.78 Å². The molecule has 1 aliphatic rings. The van der Waals surface area contributed by atoms with Crippen LogP contribution in [0.25, 0.3) is 0 Å². The van der Waals surface area contributed by atoms with E-state index in [1.807, 2.05) is 6.92 Å². The van der Waals surface area contributed by atoms with E-state index >= 15 is 0 Å². The van der Waals surface area contributed by atoms with Crippen molar-refractivity contribution < 1.29 is 18.0 Å². The number of carbonyl (C=O) groups is 2. The van der Waals surface area contributed by atoms with Crippen LogP contribution in [0.15, 0.2) is 47.4 Å². The van der Waals surface area contributed by atoms with Crippen molar-refractivity contribution in [2.75, 3.05) is 11.4 Å². The first-order valence-electron chi connectivity index (χ1n) is 7.83. The molecule has 1 heterocycles. The third-order valence-electron chi connectivity index (χ3n) is 4.17. The summed E-state index contributed by atoms with van der Waals surface area (Å²) in [6.45, 7) is 3.78. The summed E-state index contributed by atoms with van der Waals surface area (Å²) in [5.74, 6) is -0.0517. The van der Waals surface area contributed by atoms with Crippen molar-refractivity contribution in [3.05, 3.63) is 59.2 Å². The first kappa shape index (κ1) is 17.2. The number of para-hydroxylation sites is 1. The Balaban J connectivity index is 1.91. The Hall–Kier alpha value is -2.67. The lowest BCUT2D eigenvalue weighted by atomic mass is 9.97. The van der Waals surface area contributed by atoms with Crippen LogP contribution in [0.3, 0.4) is 0 Å². The normalized spacial score (nSPS) is 14.2. The summed E-state index contributed by atoms with van der Waals surface area (Å²) >= 11 is 0. The lowest BCUT2D eigenvalue weighted by Gasteiger charge is -2.30. The lowest BCUT2D eigenvalue weighted by Crippen LogP contribution is -2.46. The molecule has 2 aromatic carbocycles. The van der Waals surface area contributed by atoms with E-state index in [-0.39, 0.29) is 23.6 Å². The summed E-state index contributed by atoms with van der Waals surface area (Å²) in [4.78, 5) is 26.0. The molecule has 2 amide bonds. The third-order valence-corrected chi connectivity index (χ3v) is 5.50. The topological polar surface area (TPSA) is 83.6 Å². The van der Waals surface area contributed by atoms with Crippen molar-refractivity contribution in [1.29, 1.82) is 0 Å². The van der Waals surface area contributed by atoms with Gasteiger partial charge >= 0.3 is 6.03 Å². The molecule has 3 rings (SSSR count). The van der Waals surface area contributed by atoms with Gasteiger partial charge in [-0.05, 0) is 37.6 Å². The number of anilines is 1. The van der Waals surface area contributed by atoms with Crippen molar-refractivity contribution in [3.63, 3.8) is 0 Å². The molecule has 1 aliphatic heterocycles. The first-order chi connectivity index (χ1) is 11.8. The summed E-state index contributed by atoms with van der Waals surface area (Å²) in [6, 6.07) is 10.6. The average Bonchev–Trinajstić information content (AvgIpc) is 2.56. The maximum atomic E-state index is 12.6. The average molecular weight is 358 g/mol. The van der Waals surface area contributed by atoms with Gasteiger partial charge in [0.1, 0.15) is 0 Å². The van der Waals surface area contributed by atoms with Crippen molar-refractivity contribution in [2.45, 2.75) is 25.2 Å². The number of carbonyl (C=O) groups excluding carboxylic acids is 2. The number of benzene rings is 2. The number of nitrogens with zero attached hydrogens (tertiary/aromatic N) is 1. The number of sulfonamides is 1. The largest absolute Gasteiger partial charge is 0.335 e. The Bertz CT molecular complexity index is 950. The summed E-state index contributed by atoms with van der Waals surface area (Å²) in [5, 5.41) is 0. The number of nitrogens with one attached hydrogen (secondary N) is 1. The van der Waals surface area contributed by atoms with Gasteiger partial charge in [-0.1, -0.05) is 29.8 Å². The molecule has 1 N–H and O–H groups in total. The van der Waals surface area contributed by atoms with Gasteiger partial charge in [-0.25, -0.2) is 17.9 Å². The minimum absolute atomic E-state index is 0.0181. The van der Waals surface area contributed by atoms with E-state index in [1.54, 1.807) is 37.3 Å². The zero-order chi connectivity index (χ0) is 18.2. The smallest absolute Gasteiger partial charge is 0.294 e. The van der Waals surface area contributed by atoms with Crippen molar-refractivity contribution >= 4 is 27.5 Å². The SMILES string of the molecule is Cc1ccc(S(=O)(=O)NC(=O)N2CCC(=O)c3cccc(C)c32)cc1. The zero-order valence-corrected chi connectivity index (χ0v) is 14.8. The second-order valence-electron chi connectivity index (χ2n) is 6.02. The third kappa shape index (κ3) is 3.28. The molecule has 0 saturated heterocycles. The Morgan fingerprint density at radius 1 is 1.08 bits per heavy atom. The molecule has 0 bridgehead atoms. The van der Waals surface area contributed by atoms with E-state index in [0.29, 0.717) is 11.3 Å². The molecular weight excluding hydrogens is 340 g/mol. The predicted octanol–water partition coefficient (Wildman–Crippen LogP) is 2.79. The fourth-order valence-corrected chi connectivity index (χ4v) is 3.80. The molecule has 0 aliphatic carbocycles. The monoisotopic (exact) mass is 358 g/mol. The molecule has 0 unspecified atom stereocenters. The Morgan fingerprint density at radius 2 is 1.76 bits per heavy atom. The maximum absolute atomic E-state index is 12.6. The molecule has 130 valence electrons. The number of fused-ring (bicyclic) bond motifs is 1. The van der Waals surface area contributed by atoms with E-state index in [9.17, 15) is 18.0 Å². The van der Waals surface area contributed by atoms with Gasteiger partial charge in [0, 0.05) is 18.5 Å². The standard InChI is InChI=1S/C18H18N2O4S/c1-12-6-8-14(9-7-12)25(23,24)19-18(22)20-11-10-16(21)15-5-3-4-13(2)17(15)20/h3-9H,10-11H2,1-2H3,(H,19,22). The summed E-state index contributed by atoms with van der Waals surface area (Å²) < 4.78 is 27.0. The molecular formula is C18H18N2O4S. The van der Waals surface area contributed by atoms with Crippen LogP contribution in [0.4, 0.5) is 10.5 Å². The zero-order valence-electron chi connectivity index (χ0n) is 13.9. The number of urea groups is 1. The second-order valence-corrected chi connectivity index (χ2v) is 7.70. The van der Waals surface area contributed by atoms with Crippen LogP contribution >= 0.6 is 0 Å². The fraction of sp³-hybridized carbons (Fsp3) is 0.222. The molecule has 0 spiro atoms. The number of amides is 2. The van der Waals surface area contributed by atoms with E-state index in [0.717, 1.165) is 11.1 Å². The number of ketones is 1. The molecule has 0 aromatic heterocycles. The van der Waals surface area contributed by atoms with Crippen molar-refractivity contribution in [2.24, 2.45) is 0 Å². The molecule has 0 saturated carbocycles. The van der Waals surface area contributed by atoms with Crippen LogP contribution in [-0.4, -0.2) is 26.8 Å². The van der Waals surface area contributed by atoms with E-state index in [4.69, 9.17) is 0 Å². The van der Waals surface area contributed by atoms with E-state index in [2.05, 4.69) is 4.72 Å². The summed E-state index contributed by atoms with van der Waals surface area (Å²) in [6.07, 6.45) is 0.161. The van der Waals surface area contributed by atoms with Gasteiger partial charge in [0.05, 0.1) is 10.6 Å². The van der Waals surface area contributed by atoms with Crippen molar-refractivity contribution in [1.82, 2.24) is 4.72 Å². The highest BCUT2D eigenvalue weighted by molar-refractivity contribution is 7.90. The minimum atomic E-state index is -3.98. The Kier molecular flexibility index (Phi) is 4.34. The van der Waals surface area contributed by atoms with Crippen LogP contribution in [0.1, 0.15) is 27.9 Å². The summed E-state index contributed by atoms with van der Waals surface area (Å²) in [5.41, 5.74) is 2.57. The van der Waals surface area contributed by atoms with Crippen LogP contribution in [0, 0.1) is 13.8 Å². The molecule has 7 heteroatoms. The Morgan fingerprint density at radius 3 is 2.44 bits per heavy atom. The number of aryl methyl sites for hydroxylation is 2. The van der Waals surface area contributed by atoms with Crippen molar-refractivity contribution in [3.8, 4) is 0 Å². The highest BCUT2D eigenvalue weighted by atomic mass is 32.2. The molecule has 2 aromatic rings. The van der Waals surface area contributed by atoms with Gasteiger partial charge in [-0.2, -0.15) is 0 Å². The van der Waals surface area contributed by atoms with Gasteiger partial charge in [0.2, 0.25) is 0 Å². The van der Waals surface area contributed by atoms with Gasteiger partial charge in [-0.3, -0.25) is 9.69 Å². The molecule has 0 atom stereocenters. The van der Waals surface area contributed by atoms with Crippen LogP contribution < -0.4 is 9.62 Å². The molecule has 0 fully saturated rings. The lowest BCUT2D eigenvalue weighted by molar-refractivity contribution is 0.0981. The quantitative estimate of drug-likeness (QED) is 0.895. The number of Topliss-reactive ketones (excluding diaryl/α,β-unsaturated/α-hetero) is 1. The van der Waals surface area contributed by atoms with Gasteiger partial charge in [0.25, 0.3) is 10.0 Å². The molecule has 25 heavy (non-hydrogen) atoms. The van der Waals surface area contributed by atoms with E-state index in [1.165, 1.54) is 17.0 Å². The number of hydrogen-bond donors (Lipinski definition) is 1. The fourth-order valence-electron chi connectivity index (χ4n) is 2.85. The predicted molar refractivity (Wildman–Crippen MR) is 94.4 cm³/mol. The van der Waals surface area contributed by atoms with E-state index < -0.39 is 16.1 Å². The number of rotatable bonds is 2. The van der Waals surface area contributed by atoms with Gasteiger partial charge < -0.3 is 0 Å².